The molecule has 3 aromatic rings. The minimum Gasteiger partial charge on any atom is -0.464 e. The Morgan fingerprint density at radius 1 is 1.19 bits per heavy atom. The number of aryl methyl sites for hydroxylation is 1. The first-order chi connectivity index (χ1) is 17.0. The van der Waals surface area contributed by atoms with Gasteiger partial charge in [0, 0.05) is 17.1 Å². The molecule has 1 atom stereocenters. The average molecular weight is 512 g/mol. The molecule has 2 heterocycles. The number of furan rings is 1. The third kappa shape index (κ3) is 4.37. The van der Waals surface area contributed by atoms with Gasteiger partial charge in [0.1, 0.15) is 22.9 Å². The van der Waals surface area contributed by atoms with E-state index in [9.17, 15) is 14.4 Å². The number of hydrazone groups is 1. The van der Waals surface area contributed by atoms with E-state index in [-0.39, 0.29) is 41.3 Å². The normalized spacial score (nSPS) is 14.8. The van der Waals surface area contributed by atoms with Crippen molar-refractivity contribution in [3.8, 4) is 0 Å². The van der Waals surface area contributed by atoms with E-state index in [1.165, 1.54) is 4.90 Å². The number of nitrogens with one attached hydrogen (secondary N) is 3. The maximum atomic E-state index is 13.2. The van der Waals surface area contributed by atoms with Crippen molar-refractivity contribution in [2.45, 2.75) is 40.3 Å². The summed E-state index contributed by atoms with van der Waals surface area (Å²) in [5.41, 5.74) is 6.72. The number of anilines is 3. The van der Waals surface area contributed by atoms with Gasteiger partial charge in [-0.1, -0.05) is 32.4 Å². The molecule has 4 rings (SSSR count). The van der Waals surface area contributed by atoms with E-state index in [0.717, 1.165) is 5.76 Å². The molecule has 0 saturated carbocycles. The molecule has 2 aromatic carbocycles. The number of halogens is 1. The molecule has 0 bridgehead atoms. The van der Waals surface area contributed by atoms with Gasteiger partial charge in [-0.3, -0.25) is 14.4 Å². The number of rotatable bonds is 7. The SMILES string of the molecule is Cc1ccc([C@H](Nc2c(Nc3ccc(Cl)c4c3C(=O)N(CC(N=N)=NN)C4)c(=O)c2=O)C(C)(C)C)o1. The van der Waals surface area contributed by atoms with Crippen LogP contribution in [0.4, 0.5) is 17.1 Å². The molecule has 1 aromatic heterocycles. The quantitative estimate of drug-likeness (QED) is 0.0926. The number of benzene rings is 1. The molecule has 11 nitrogen and oxygen atoms in total. The van der Waals surface area contributed by atoms with Crippen molar-refractivity contribution in [1.29, 1.82) is 5.53 Å². The monoisotopic (exact) mass is 511 g/mol. The Morgan fingerprint density at radius 3 is 2.47 bits per heavy atom. The van der Waals surface area contributed by atoms with E-state index < -0.39 is 22.8 Å². The van der Waals surface area contributed by atoms with Crippen LogP contribution in [0.5, 0.6) is 0 Å². The Morgan fingerprint density at radius 2 is 1.89 bits per heavy atom. The van der Waals surface area contributed by atoms with Crippen LogP contribution in [0.3, 0.4) is 0 Å². The first kappa shape index (κ1) is 25.1. The van der Waals surface area contributed by atoms with Crippen LogP contribution in [-0.4, -0.2) is 23.2 Å². The summed E-state index contributed by atoms with van der Waals surface area (Å²) in [7, 11) is 0. The highest BCUT2D eigenvalue weighted by atomic mass is 35.5. The van der Waals surface area contributed by atoms with E-state index in [1.807, 2.05) is 39.8 Å². The molecule has 5 N–H and O–H groups in total. The summed E-state index contributed by atoms with van der Waals surface area (Å²) in [6.45, 7) is 7.87. The fraction of sp³-hybridized carbons (Fsp3) is 0.333. The van der Waals surface area contributed by atoms with Gasteiger partial charge in [0.2, 0.25) is 0 Å². The Kier molecular flexibility index (Phi) is 6.44. The summed E-state index contributed by atoms with van der Waals surface area (Å²) in [5, 5.41) is 13.1. The first-order valence-electron chi connectivity index (χ1n) is 11.1. The van der Waals surface area contributed by atoms with Crippen LogP contribution in [0.15, 0.2) is 48.5 Å². The standard InChI is InChI=1S/C24H26ClN7O4/c1-11-5-8-15(36-11)22(24(2,3)4)29-19-18(20(33)21(19)34)28-14-7-6-13(25)12-9-32(23(35)17(12)14)10-16(30-26)31-27/h5-8,22,26,28-29H,9-10,27H2,1-4H3/t22-/m0/s1. The van der Waals surface area contributed by atoms with Gasteiger partial charge >= 0.3 is 0 Å². The molecule has 0 unspecified atom stereocenters. The van der Waals surface area contributed by atoms with Gasteiger partial charge in [-0.05, 0) is 36.6 Å². The third-order valence-corrected chi connectivity index (χ3v) is 6.44. The van der Waals surface area contributed by atoms with Crippen LogP contribution in [0.1, 0.15) is 54.3 Å². The van der Waals surface area contributed by atoms with Gasteiger partial charge < -0.3 is 25.8 Å². The molecule has 36 heavy (non-hydrogen) atoms. The number of carbonyl (C=O) groups excluding carboxylic acids is 1. The number of hydrogen-bond acceptors (Lipinski definition) is 9. The second-order valence-electron chi connectivity index (χ2n) is 9.69. The van der Waals surface area contributed by atoms with Gasteiger partial charge in [0.15, 0.2) is 5.84 Å². The van der Waals surface area contributed by atoms with Crippen LogP contribution in [0, 0.1) is 17.9 Å². The fourth-order valence-corrected chi connectivity index (χ4v) is 4.42. The number of fused-ring (bicyclic) bond motifs is 1. The Labute approximate surface area is 211 Å². The summed E-state index contributed by atoms with van der Waals surface area (Å²) in [4.78, 5) is 39.7. The number of hydrogen-bond donors (Lipinski definition) is 4. The lowest BCUT2D eigenvalue weighted by atomic mass is 9.85. The lowest BCUT2D eigenvalue weighted by molar-refractivity contribution is 0.0802. The first-order valence-corrected chi connectivity index (χ1v) is 11.5. The summed E-state index contributed by atoms with van der Waals surface area (Å²) < 4.78 is 5.80. The second kappa shape index (κ2) is 9.23. The van der Waals surface area contributed by atoms with Crippen molar-refractivity contribution in [3.63, 3.8) is 0 Å². The molecule has 12 heteroatoms. The minimum atomic E-state index is -0.697. The number of amides is 1. The number of amidine groups is 1. The molecule has 1 aliphatic rings. The number of carbonyl (C=O) groups is 1. The predicted molar refractivity (Wildman–Crippen MR) is 137 cm³/mol. The molecule has 0 saturated heterocycles. The number of nitrogens with zero attached hydrogens (tertiary/aromatic N) is 3. The third-order valence-electron chi connectivity index (χ3n) is 6.09. The molecule has 188 valence electrons. The van der Waals surface area contributed by atoms with E-state index in [4.69, 9.17) is 27.4 Å². The molecular formula is C24H26ClN7O4. The zero-order chi connectivity index (χ0) is 26.4. The lowest BCUT2D eigenvalue weighted by Crippen LogP contribution is -2.39. The highest BCUT2D eigenvalue weighted by molar-refractivity contribution is 6.32. The van der Waals surface area contributed by atoms with E-state index in [2.05, 4.69) is 20.8 Å². The van der Waals surface area contributed by atoms with Crippen LogP contribution < -0.4 is 27.3 Å². The highest BCUT2D eigenvalue weighted by Crippen LogP contribution is 2.39. The van der Waals surface area contributed by atoms with Crippen molar-refractivity contribution >= 4 is 40.4 Å². The van der Waals surface area contributed by atoms with Crippen molar-refractivity contribution in [3.05, 3.63) is 72.4 Å². The Bertz CT molecular complexity index is 1460. The summed E-state index contributed by atoms with van der Waals surface area (Å²) in [6.07, 6.45) is 0. The van der Waals surface area contributed by atoms with Crippen LogP contribution >= 0.6 is 11.6 Å². The fourth-order valence-electron chi connectivity index (χ4n) is 4.20. The molecule has 1 amide bonds. The predicted octanol–water partition coefficient (Wildman–Crippen LogP) is 4.04. The van der Waals surface area contributed by atoms with E-state index in [1.54, 1.807) is 12.1 Å². The minimum absolute atomic E-state index is 0.0304. The van der Waals surface area contributed by atoms with Gasteiger partial charge in [-0.2, -0.15) is 5.10 Å². The maximum absolute atomic E-state index is 13.2. The summed E-state index contributed by atoms with van der Waals surface area (Å²) >= 11 is 6.35. The molecule has 0 fully saturated rings. The smallest absolute Gasteiger partial charge is 0.257 e. The van der Waals surface area contributed by atoms with Crippen molar-refractivity contribution in [2.24, 2.45) is 21.5 Å². The average Bonchev–Trinajstić information content (AvgIpc) is 3.40. The number of nitrogens with two attached hydrogens (primary N) is 1. The van der Waals surface area contributed by atoms with Crippen molar-refractivity contribution in [1.82, 2.24) is 4.90 Å². The molecule has 0 radical (unpaired) electrons. The second-order valence-corrected chi connectivity index (χ2v) is 10.1. The van der Waals surface area contributed by atoms with E-state index >= 15 is 0 Å². The molecular weight excluding hydrogens is 486 g/mol. The van der Waals surface area contributed by atoms with Crippen molar-refractivity contribution in [2.75, 3.05) is 17.2 Å². The maximum Gasteiger partial charge on any atom is 0.257 e. The lowest BCUT2D eigenvalue weighted by Gasteiger charge is -2.31. The highest BCUT2D eigenvalue weighted by Gasteiger charge is 2.36. The van der Waals surface area contributed by atoms with Gasteiger partial charge in [0.05, 0.1) is 23.8 Å². The summed E-state index contributed by atoms with van der Waals surface area (Å²) in [6, 6.07) is 6.45. The van der Waals surface area contributed by atoms with Crippen LogP contribution in [0.25, 0.3) is 0 Å². The van der Waals surface area contributed by atoms with Crippen LogP contribution in [0.2, 0.25) is 5.02 Å². The van der Waals surface area contributed by atoms with Gasteiger partial charge in [-0.25, -0.2) is 5.53 Å². The molecule has 0 aliphatic carbocycles. The van der Waals surface area contributed by atoms with Crippen LogP contribution in [-0.2, 0) is 6.54 Å². The summed E-state index contributed by atoms with van der Waals surface area (Å²) in [5.74, 6) is 6.16. The topological polar surface area (TPSA) is 166 Å². The molecule has 0 spiro atoms. The largest absolute Gasteiger partial charge is 0.464 e. The zero-order valence-electron chi connectivity index (χ0n) is 20.2. The van der Waals surface area contributed by atoms with E-state index in [0.29, 0.717) is 22.0 Å². The van der Waals surface area contributed by atoms with Gasteiger partial charge in [0.25, 0.3) is 16.8 Å². The van der Waals surface area contributed by atoms with Crippen molar-refractivity contribution < 1.29 is 9.21 Å². The molecule has 1 aliphatic heterocycles. The van der Waals surface area contributed by atoms with Gasteiger partial charge in [-0.15, -0.1) is 5.11 Å². The zero-order valence-corrected chi connectivity index (χ0v) is 21.0. The Balaban J connectivity index is 1.67. The Hall–Kier alpha value is -3.99.